The Balaban J connectivity index is 1.52. The minimum atomic E-state index is -1.15. The fraction of sp³-hybridized carbons (Fsp3) is 0.333. The van der Waals surface area contributed by atoms with E-state index in [1.807, 2.05) is 37.3 Å². The number of hydrogen-bond donors (Lipinski definition) is 1. The van der Waals surface area contributed by atoms with Crippen molar-refractivity contribution >= 4 is 29.3 Å². The molecular formula is C24H25N3O4. The molecule has 2 aromatic carbocycles. The quantitative estimate of drug-likeness (QED) is 0.551. The molecule has 0 radical (unpaired) electrons. The van der Waals surface area contributed by atoms with Crippen LogP contribution in [0.3, 0.4) is 0 Å². The minimum Gasteiger partial charge on any atom is -0.319 e. The van der Waals surface area contributed by atoms with Crippen LogP contribution < -0.4 is 10.2 Å². The smallest absolute Gasteiger partial charge is 0.319 e. The van der Waals surface area contributed by atoms with Gasteiger partial charge in [-0.15, -0.1) is 0 Å². The zero-order valence-electron chi connectivity index (χ0n) is 17.5. The van der Waals surface area contributed by atoms with Gasteiger partial charge in [-0.25, -0.2) is 4.79 Å². The first kappa shape index (κ1) is 20.8. The Kier molecular flexibility index (Phi) is 5.59. The Morgan fingerprint density at radius 1 is 1.03 bits per heavy atom. The number of imide groups is 1. The van der Waals surface area contributed by atoms with Gasteiger partial charge >= 0.3 is 6.03 Å². The number of amides is 4. The summed E-state index contributed by atoms with van der Waals surface area (Å²) in [5.74, 6) is -0.659. The number of nitrogens with one attached hydrogen (secondary N) is 1. The van der Waals surface area contributed by atoms with Gasteiger partial charge in [0.25, 0.3) is 5.91 Å². The van der Waals surface area contributed by atoms with E-state index in [0.29, 0.717) is 36.9 Å². The maximum Gasteiger partial charge on any atom is 0.325 e. The Hall–Kier alpha value is -3.48. The van der Waals surface area contributed by atoms with E-state index in [-0.39, 0.29) is 18.2 Å². The summed E-state index contributed by atoms with van der Waals surface area (Å²) in [7, 11) is 0. The highest BCUT2D eigenvalue weighted by atomic mass is 16.2. The maximum atomic E-state index is 13.3. The fourth-order valence-corrected chi connectivity index (χ4v) is 4.36. The maximum absolute atomic E-state index is 13.3. The molecule has 4 amide bonds. The van der Waals surface area contributed by atoms with Crippen LogP contribution >= 0.6 is 0 Å². The van der Waals surface area contributed by atoms with Crippen LogP contribution in [0.2, 0.25) is 0 Å². The number of nitrogens with zero attached hydrogens (tertiary/aromatic N) is 2. The van der Waals surface area contributed by atoms with Crippen molar-refractivity contribution in [3.63, 3.8) is 0 Å². The lowest BCUT2D eigenvalue weighted by Gasteiger charge is -2.26. The summed E-state index contributed by atoms with van der Waals surface area (Å²) in [6.07, 6.45) is 2.50. The Morgan fingerprint density at radius 2 is 1.74 bits per heavy atom. The molecule has 4 rings (SSSR count). The number of urea groups is 1. The van der Waals surface area contributed by atoms with Crippen LogP contribution in [-0.4, -0.2) is 41.6 Å². The first-order valence-corrected chi connectivity index (χ1v) is 10.6. The van der Waals surface area contributed by atoms with Gasteiger partial charge in [0.05, 0.1) is 6.54 Å². The number of carbonyl (C=O) groups excluding carboxylic acids is 4. The monoisotopic (exact) mass is 419 g/mol. The zero-order valence-corrected chi connectivity index (χ0v) is 17.5. The number of Topliss-reactive ketones (excluding diaryl/α,β-unsaturated/α-hetero) is 1. The summed E-state index contributed by atoms with van der Waals surface area (Å²) in [5, 5.41) is 2.83. The molecule has 7 heteroatoms. The molecule has 2 heterocycles. The molecule has 2 aromatic rings. The molecule has 0 bridgehead atoms. The second-order valence-corrected chi connectivity index (χ2v) is 7.96. The summed E-state index contributed by atoms with van der Waals surface area (Å²) in [6.45, 7) is 2.29. The number of carbonyl (C=O) groups is 4. The van der Waals surface area contributed by atoms with E-state index in [1.165, 1.54) is 0 Å². The first-order chi connectivity index (χ1) is 15.0. The van der Waals surface area contributed by atoms with Gasteiger partial charge in [-0.3, -0.25) is 19.3 Å². The third kappa shape index (κ3) is 3.71. The van der Waals surface area contributed by atoms with E-state index in [4.69, 9.17) is 0 Å². The number of rotatable bonds is 7. The van der Waals surface area contributed by atoms with Gasteiger partial charge in [0.1, 0.15) is 5.54 Å². The molecule has 2 aliphatic heterocycles. The number of ketones is 1. The summed E-state index contributed by atoms with van der Waals surface area (Å²) in [6, 6.07) is 15.3. The summed E-state index contributed by atoms with van der Waals surface area (Å²) in [4.78, 5) is 53.4. The molecule has 2 aliphatic rings. The van der Waals surface area contributed by atoms with E-state index < -0.39 is 17.5 Å². The molecule has 1 N–H and O–H groups in total. The van der Waals surface area contributed by atoms with Crippen molar-refractivity contribution in [2.75, 3.05) is 18.0 Å². The van der Waals surface area contributed by atoms with Crippen LogP contribution in [0.1, 0.15) is 48.5 Å². The third-order valence-corrected chi connectivity index (χ3v) is 5.94. The molecule has 2 fully saturated rings. The standard InChI is InChI=1S/C24H25N3O4/c1-2-14-24(18-7-4-3-5-8-18)22(30)27(23(31)25-24)16-20(28)17-10-12-19(13-11-17)26-15-6-9-21(26)29/h3-5,7-8,10-13H,2,6,9,14-16H2,1H3,(H,25,31)/t24-/m0/s1. The van der Waals surface area contributed by atoms with Gasteiger partial charge in [0.2, 0.25) is 5.91 Å². The molecular weight excluding hydrogens is 394 g/mol. The van der Waals surface area contributed by atoms with Crippen molar-refractivity contribution < 1.29 is 19.2 Å². The molecule has 0 spiro atoms. The van der Waals surface area contributed by atoms with Gasteiger partial charge in [-0.05, 0) is 42.7 Å². The van der Waals surface area contributed by atoms with E-state index in [1.54, 1.807) is 29.2 Å². The van der Waals surface area contributed by atoms with E-state index in [2.05, 4.69) is 5.32 Å². The predicted molar refractivity (Wildman–Crippen MR) is 116 cm³/mol. The molecule has 1 atom stereocenters. The zero-order chi connectivity index (χ0) is 22.0. The fourth-order valence-electron chi connectivity index (χ4n) is 4.36. The minimum absolute atomic E-state index is 0.0755. The molecule has 0 aliphatic carbocycles. The molecule has 0 unspecified atom stereocenters. The number of hydrogen-bond acceptors (Lipinski definition) is 4. The first-order valence-electron chi connectivity index (χ1n) is 10.6. The van der Waals surface area contributed by atoms with Crippen molar-refractivity contribution in [2.24, 2.45) is 0 Å². The largest absolute Gasteiger partial charge is 0.325 e. The Labute approximate surface area is 181 Å². The van der Waals surface area contributed by atoms with Gasteiger partial charge in [-0.1, -0.05) is 43.7 Å². The van der Waals surface area contributed by atoms with Crippen LogP contribution in [0.25, 0.3) is 0 Å². The van der Waals surface area contributed by atoms with Crippen molar-refractivity contribution in [1.82, 2.24) is 10.2 Å². The molecule has 0 saturated carbocycles. The highest BCUT2D eigenvalue weighted by molar-refractivity contribution is 6.11. The lowest BCUT2D eigenvalue weighted by Crippen LogP contribution is -2.44. The molecule has 7 nitrogen and oxygen atoms in total. The lowest BCUT2D eigenvalue weighted by molar-refractivity contribution is -0.131. The summed E-state index contributed by atoms with van der Waals surface area (Å²) in [5.41, 5.74) is 0.710. The molecule has 160 valence electrons. The van der Waals surface area contributed by atoms with Crippen LogP contribution in [0.5, 0.6) is 0 Å². The Morgan fingerprint density at radius 3 is 2.35 bits per heavy atom. The average molecular weight is 419 g/mol. The highest BCUT2D eigenvalue weighted by Crippen LogP contribution is 2.33. The third-order valence-electron chi connectivity index (χ3n) is 5.94. The highest BCUT2D eigenvalue weighted by Gasteiger charge is 2.52. The second-order valence-electron chi connectivity index (χ2n) is 7.96. The van der Waals surface area contributed by atoms with Crippen molar-refractivity contribution in [2.45, 2.75) is 38.1 Å². The van der Waals surface area contributed by atoms with Gasteiger partial charge < -0.3 is 10.2 Å². The van der Waals surface area contributed by atoms with Gasteiger partial charge in [0.15, 0.2) is 5.78 Å². The SMILES string of the molecule is CCC[C@@]1(c2ccccc2)NC(=O)N(CC(=O)c2ccc(N3CCCC3=O)cc2)C1=O. The number of benzene rings is 2. The summed E-state index contributed by atoms with van der Waals surface area (Å²) >= 11 is 0. The molecule has 31 heavy (non-hydrogen) atoms. The lowest BCUT2D eigenvalue weighted by atomic mass is 9.85. The Bertz CT molecular complexity index is 1020. The topological polar surface area (TPSA) is 86.8 Å². The predicted octanol–water partition coefficient (Wildman–Crippen LogP) is 3.24. The van der Waals surface area contributed by atoms with Crippen molar-refractivity contribution in [3.05, 3.63) is 65.7 Å². The van der Waals surface area contributed by atoms with Gasteiger partial charge in [0, 0.05) is 24.2 Å². The van der Waals surface area contributed by atoms with E-state index in [9.17, 15) is 19.2 Å². The van der Waals surface area contributed by atoms with E-state index in [0.717, 1.165) is 17.0 Å². The molecule has 2 saturated heterocycles. The van der Waals surface area contributed by atoms with Gasteiger partial charge in [-0.2, -0.15) is 0 Å². The average Bonchev–Trinajstić information content (AvgIpc) is 3.31. The van der Waals surface area contributed by atoms with Crippen molar-refractivity contribution in [1.29, 1.82) is 0 Å². The normalized spacial score (nSPS) is 21.0. The summed E-state index contributed by atoms with van der Waals surface area (Å²) < 4.78 is 0. The number of anilines is 1. The molecule has 0 aromatic heterocycles. The van der Waals surface area contributed by atoms with Crippen molar-refractivity contribution in [3.8, 4) is 0 Å². The second kappa shape index (κ2) is 8.34. The van der Waals surface area contributed by atoms with Crippen LogP contribution in [0, 0.1) is 0 Å². The van der Waals surface area contributed by atoms with E-state index >= 15 is 0 Å². The van der Waals surface area contributed by atoms with Crippen LogP contribution in [-0.2, 0) is 15.1 Å². The van der Waals surface area contributed by atoms with Crippen LogP contribution in [0.4, 0.5) is 10.5 Å². The van der Waals surface area contributed by atoms with Crippen LogP contribution in [0.15, 0.2) is 54.6 Å².